The molecule has 4 N–H and O–H groups in total. The molecule has 5 aromatic carbocycles. The number of aliphatic hydroxyl groups is 2. The SMILES string of the molecule is Nc1ccc(CC(O)(CC(O)C(=O)/C=C/c2ccc(OC(=O)c3ccc(OCCCCC(F)(F)F)cc3)cc2)C(=O)/C=C/c2ccc(OC(=O)c3ccc(OCCCCC(F)(F)F)cc3)cc2)cc1. The average molecular weight is 962 g/mol. The van der Waals surface area contributed by atoms with Crippen LogP contribution in [0.3, 0.4) is 0 Å². The topological polar surface area (TPSA) is 172 Å². The number of unbranched alkanes of at least 4 members (excludes halogenated alkanes) is 2. The van der Waals surface area contributed by atoms with E-state index in [1.54, 1.807) is 48.5 Å². The maximum absolute atomic E-state index is 13.7. The third-order valence-electron chi connectivity index (χ3n) is 10.3. The number of ketones is 2. The fourth-order valence-electron chi connectivity index (χ4n) is 6.51. The standard InChI is InChI=1S/C52H49F6NO10/c53-51(54,55)29-1-3-31-66-41-23-13-38(14-24-41)48(63)68-43-19-7-35(8-20-43)11-27-45(60)46(61)34-50(65,33-37-5-17-40(59)18-6-37)47(62)28-12-36-9-21-44(22-10-36)69-49(64)39-15-25-42(26-16-39)67-32-4-2-30-52(56,57)58/h5-28,46,61,65H,1-4,29-34,59H2/b27-11+,28-12+. The Kier molecular flexibility index (Phi) is 18.9. The lowest BCUT2D eigenvalue weighted by Crippen LogP contribution is -2.44. The third kappa shape index (κ3) is 18.4. The van der Waals surface area contributed by atoms with Gasteiger partial charge < -0.3 is 34.9 Å². The molecule has 0 saturated heterocycles. The summed E-state index contributed by atoms with van der Waals surface area (Å²) in [6, 6.07) is 30.3. The lowest BCUT2D eigenvalue weighted by atomic mass is 9.83. The molecule has 364 valence electrons. The van der Waals surface area contributed by atoms with E-state index in [1.807, 2.05) is 0 Å². The summed E-state index contributed by atoms with van der Waals surface area (Å²) in [5.41, 5.74) is 5.86. The smallest absolute Gasteiger partial charge is 0.389 e. The molecular weight excluding hydrogens is 913 g/mol. The number of alkyl halides is 6. The van der Waals surface area contributed by atoms with E-state index < -0.39 is 66.8 Å². The molecule has 17 heteroatoms. The van der Waals surface area contributed by atoms with Gasteiger partial charge >= 0.3 is 24.3 Å². The molecule has 0 radical (unpaired) electrons. The predicted molar refractivity (Wildman–Crippen MR) is 245 cm³/mol. The summed E-state index contributed by atoms with van der Waals surface area (Å²) >= 11 is 0. The summed E-state index contributed by atoms with van der Waals surface area (Å²) in [6.45, 7) is 0.174. The van der Waals surface area contributed by atoms with Gasteiger partial charge in [0.25, 0.3) is 0 Å². The normalized spacial score (nSPS) is 13.2. The Morgan fingerprint density at radius 2 is 0.957 bits per heavy atom. The van der Waals surface area contributed by atoms with Gasteiger partial charge in [-0.05, 0) is 139 Å². The van der Waals surface area contributed by atoms with Crippen molar-refractivity contribution in [3.63, 3.8) is 0 Å². The lowest BCUT2D eigenvalue weighted by molar-refractivity contribution is -0.138. The molecule has 0 saturated carbocycles. The van der Waals surface area contributed by atoms with Gasteiger partial charge in [0, 0.05) is 31.4 Å². The van der Waals surface area contributed by atoms with Crippen molar-refractivity contribution in [2.75, 3.05) is 18.9 Å². The van der Waals surface area contributed by atoms with Crippen LogP contribution in [0.25, 0.3) is 12.2 Å². The number of carbonyl (C=O) groups excluding carboxylic acids is 4. The second-order valence-corrected chi connectivity index (χ2v) is 15.9. The van der Waals surface area contributed by atoms with Gasteiger partial charge in [0.2, 0.25) is 0 Å². The summed E-state index contributed by atoms with van der Waals surface area (Å²) in [6.07, 6.45) is -7.66. The Hall–Kier alpha value is -7.24. The monoisotopic (exact) mass is 961 g/mol. The van der Waals surface area contributed by atoms with Crippen LogP contribution in [0, 0.1) is 0 Å². The van der Waals surface area contributed by atoms with E-state index in [2.05, 4.69) is 0 Å². The second kappa shape index (κ2) is 24.7. The van der Waals surface area contributed by atoms with Crippen LogP contribution in [-0.2, 0) is 16.0 Å². The van der Waals surface area contributed by atoms with Crippen LogP contribution in [0.2, 0.25) is 0 Å². The Balaban J connectivity index is 1.13. The van der Waals surface area contributed by atoms with Crippen LogP contribution in [-0.4, -0.2) is 71.0 Å². The number of ether oxygens (including phenoxy) is 4. The number of aliphatic hydroxyl groups excluding tert-OH is 1. The average Bonchev–Trinajstić information content (AvgIpc) is 3.31. The van der Waals surface area contributed by atoms with Crippen molar-refractivity contribution in [2.24, 2.45) is 0 Å². The zero-order chi connectivity index (χ0) is 50.0. The highest BCUT2D eigenvalue weighted by Crippen LogP contribution is 2.27. The van der Waals surface area contributed by atoms with Gasteiger partial charge in [0.1, 0.15) is 34.7 Å². The zero-order valence-electron chi connectivity index (χ0n) is 37.0. The Morgan fingerprint density at radius 1 is 0.551 bits per heavy atom. The number of carbonyl (C=O) groups is 4. The van der Waals surface area contributed by atoms with Crippen molar-refractivity contribution in [1.82, 2.24) is 0 Å². The highest BCUT2D eigenvalue weighted by Gasteiger charge is 2.38. The molecule has 69 heavy (non-hydrogen) atoms. The number of anilines is 1. The second-order valence-electron chi connectivity index (χ2n) is 15.9. The molecule has 2 atom stereocenters. The zero-order valence-corrected chi connectivity index (χ0v) is 37.0. The number of halogens is 6. The van der Waals surface area contributed by atoms with Crippen molar-refractivity contribution in [2.45, 2.75) is 75.4 Å². The highest BCUT2D eigenvalue weighted by molar-refractivity contribution is 6.02. The fraction of sp³-hybridized carbons (Fsp3) is 0.269. The minimum absolute atomic E-state index is 0.0591. The third-order valence-corrected chi connectivity index (χ3v) is 10.3. The molecular formula is C52H49F6NO10. The van der Waals surface area contributed by atoms with Crippen LogP contribution >= 0.6 is 0 Å². The number of benzene rings is 5. The van der Waals surface area contributed by atoms with E-state index in [-0.39, 0.29) is 67.9 Å². The van der Waals surface area contributed by atoms with E-state index in [4.69, 9.17) is 24.7 Å². The summed E-state index contributed by atoms with van der Waals surface area (Å²) in [5, 5.41) is 22.7. The van der Waals surface area contributed by atoms with Gasteiger partial charge in [-0.25, -0.2) is 9.59 Å². The van der Waals surface area contributed by atoms with Crippen LogP contribution < -0.4 is 24.7 Å². The summed E-state index contributed by atoms with van der Waals surface area (Å²) < 4.78 is 95.6. The fourth-order valence-corrected chi connectivity index (χ4v) is 6.51. The van der Waals surface area contributed by atoms with Crippen LogP contribution in [0.4, 0.5) is 32.0 Å². The molecule has 5 aromatic rings. The minimum Gasteiger partial charge on any atom is -0.494 e. The van der Waals surface area contributed by atoms with E-state index in [9.17, 15) is 55.7 Å². The summed E-state index contributed by atoms with van der Waals surface area (Å²) in [4.78, 5) is 52.2. The first-order valence-corrected chi connectivity index (χ1v) is 21.7. The number of hydrogen-bond donors (Lipinski definition) is 3. The molecule has 0 spiro atoms. The Labute approximate surface area is 393 Å². The summed E-state index contributed by atoms with van der Waals surface area (Å²) in [5.74, 6) is -1.87. The Morgan fingerprint density at radius 3 is 1.38 bits per heavy atom. The molecule has 0 aliphatic heterocycles. The molecule has 0 heterocycles. The minimum atomic E-state index is -4.22. The van der Waals surface area contributed by atoms with E-state index in [0.29, 0.717) is 33.9 Å². The number of rotatable bonds is 24. The number of nitrogens with two attached hydrogens (primary N) is 1. The van der Waals surface area contributed by atoms with Crippen LogP contribution in [0.15, 0.2) is 133 Å². The molecule has 0 amide bonds. The molecule has 11 nitrogen and oxygen atoms in total. The molecule has 5 rings (SSSR count). The predicted octanol–water partition coefficient (Wildman–Crippen LogP) is 10.5. The van der Waals surface area contributed by atoms with Crippen molar-refractivity contribution >= 4 is 41.3 Å². The molecule has 0 aromatic heterocycles. The van der Waals surface area contributed by atoms with E-state index >= 15 is 0 Å². The quantitative estimate of drug-likeness (QED) is 0.0134. The molecule has 0 bridgehead atoms. The first-order chi connectivity index (χ1) is 32.7. The van der Waals surface area contributed by atoms with Crippen molar-refractivity contribution < 1.29 is 74.7 Å². The van der Waals surface area contributed by atoms with E-state index in [0.717, 1.165) is 12.2 Å². The van der Waals surface area contributed by atoms with Gasteiger partial charge in [-0.2, -0.15) is 26.3 Å². The molecule has 0 aliphatic rings. The van der Waals surface area contributed by atoms with Gasteiger partial charge in [-0.1, -0.05) is 48.6 Å². The lowest BCUT2D eigenvalue weighted by Gasteiger charge is -2.27. The Bertz CT molecular complexity index is 2520. The maximum Gasteiger partial charge on any atom is 0.389 e. The van der Waals surface area contributed by atoms with Gasteiger partial charge in [-0.3, -0.25) is 9.59 Å². The van der Waals surface area contributed by atoms with Gasteiger partial charge in [0.05, 0.1) is 24.3 Å². The number of nitrogen functional groups attached to an aromatic ring is 1. The van der Waals surface area contributed by atoms with Gasteiger partial charge in [0.15, 0.2) is 11.6 Å². The number of hydrogen-bond acceptors (Lipinski definition) is 11. The highest BCUT2D eigenvalue weighted by atomic mass is 19.4. The van der Waals surface area contributed by atoms with Crippen molar-refractivity contribution in [3.05, 3.63) is 161 Å². The van der Waals surface area contributed by atoms with E-state index in [1.165, 1.54) is 84.9 Å². The number of esters is 2. The molecule has 0 fully saturated rings. The van der Waals surface area contributed by atoms with Crippen LogP contribution in [0.5, 0.6) is 23.0 Å². The van der Waals surface area contributed by atoms with Crippen molar-refractivity contribution in [1.29, 1.82) is 0 Å². The first-order valence-electron chi connectivity index (χ1n) is 21.7. The largest absolute Gasteiger partial charge is 0.494 e. The first kappa shape index (κ1) is 52.7. The van der Waals surface area contributed by atoms with Crippen LogP contribution in [0.1, 0.15) is 82.4 Å². The molecule has 2 unspecified atom stereocenters. The van der Waals surface area contributed by atoms with Gasteiger partial charge in [-0.15, -0.1) is 0 Å². The summed E-state index contributed by atoms with van der Waals surface area (Å²) in [7, 11) is 0. The molecule has 0 aliphatic carbocycles. The van der Waals surface area contributed by atoms with Crippen molar-refractivity contribution in [3.8, 4) is 23.0 Å². The maximum atomic E-state index is 13.7.